The van der Waals surface area contributed by atoms with E-state index in [1.807, 2.05) is 0 Å². The number of rotatable bonds is 1. The monoisotopic (exact) mass is 135 g/mol. The fraction of sp³-hybridized carbons (Fsp3) is 0.556. The summed E-state index contributed by atoms with van der Waals surface area (Å²) in [6, 6.07) is 4.40. The van der Waals surface area contributed by atoms with Gasteiger partial charge in [-0.15, -0.1) is 0 Å². The Morgan fingerprint density at radius 3 is 3.40 bits per heavy atom. The van der Waals surface area contributed by atoms with Crippen LogP contribution in [0.15, 0.2) is 18.3 Å². The molecule has 1 atom stereocenters. The van der Waals surface area contributed by atoms with E-state index >= 15 is 0 Å². The summed E-state index contributed by atoms with van der Waals surface area (Å²) in [6.45, 7) is 3.51. The minimum Gasteiger partial charge on any atom is -0.351 e. The molecule has 0 fully saturated rings. The van der Waals surface area contributed by atoms with Crippen LogP contribution in [-0.4, -0.2) is 4.57 Å². The summed E-state index contributed by atoms with van der Waals surface area (Å²) in [6.07, 6.45) is 4.84. The van der Waals surface area contributed by atoms with Crippen molar-refractivity contribution in [2.45, 2.75) is 32.2 Å². The Hall–Kier alpha value is -0.720. The van der Waals surface area contributed by atoms with Crippen LogP contribution in [0.5, 0.6) is 0 Å². The smallest absolute Gasteiger partial charge is 0.0228 e. The van der Waals surface area contributed by atoms with E-state index < -0.39 is 0 Å². The Labute approximate surface area is 61.7 Å². The lowest BCUT2D eigenvalue weighted by Crippen LogP contribution is -1.89. The molecule has 0 N–H and O–H groups in total. The van der Waals surface area contributed by atoms with E-state index in [9.17, 15) is 0 Å². The number of hydrogen-bond acceptors (Lipinski definition) is 0. The third kappa shape index (κ3) is 0.698. The maximum absolute atomic E-state index is 2.37. The predicted molar refractivity (Wildman–Crippen MR) is 42.1 cm³/mol. The molecule has 0 bridgehead atoms. The van der Waals surface area contributed by atoms with Gasteiger partial charge in [-0.05, 0) is 25.0 Å². The number of aryl methyl sites for hydroxylation is 1. The minimum absolute atomic E-state index is 0.843. The topological polar surface area (TPSA) is 4.93 Å². The first-order valence-corrected chi connectivity index (χ1v) is 4.07. The van der Waals surface area contributed by atoms with Gasteiger partial charge in [-0.3, -0.25) is 0 Å². The molecule has 1 heteroatoms. The summed E-state index contributed by atoms with van der Waals surface area (Å²) in [5.41, 5.74) is 1.54. The van der Waals surface area contributed by atoms with Gasteiger partial charge in [-0.2, -0.15) is 0 Å². The van der Waals surface area contributed by atoms with E-state index in [-0.39, 0.29) is 0 Å². The SMILES string of the molecule is CC[C@H]1CCn2cccc21. The molecule has 0 unspecified atom stereocenters. The Morgan fingerprint density at radius 2 is 2.60 bits per heavy atom. The van der Waals surface area contributed by atoms with Gasteiger partial charge in [0.25, 0.3) is 0 Å². The van der Waals surface area contributed by atoms with Crippen molar-refractivity contribution < 1.29 is 0 Å². The van der Waals surface area contributed by atoms with Crippen molar-refractivity contribution in [3.63, 3.8) is 0 Å². The van der Waals surface area contributed by atoms with E-state index in [2.05, 4.69) is 29.8 Å². The summed E-state index contributed by atoms with van der Waals surface area (Å²) in [4.78, 5) is 0. The van der Waals surface area contributed by atoms with Gasteiger partial charge in [-0.1, -0.05) is 6.92 Å². The maximum Gasteiger partial charge on any atom is 0.0228 e. The highest BCUT2D eigenvalue weighted by atomic mass is 15.0. The molecule has 0 spiro atoms. The molecular weight excluding hydrogens is 122 g/mol. The largest absolute Gasteiger partial charge is 0.351 e. The molecular formula is C9H13N. The van der Waals surface area contributed by atoms with Crippen molar-refractivity contribution in [3.05, 3.63) is 24.0 Å². The van der Waals surface area contributed by atoms with Crippen molar-refractivity contribution in [2.75, 3.05) is 0 Å². The van der Waals surface area contributed by atoms with Crippen LogP contribution >= 0.6 is 0 Å². The van der Waals surface area contributed by atoms with E-state index in [1.54, 1.807) is 5.69 Å². The molecule has 1 aromatic rings. The molecule has 54 valence electrons. The Balaban J connectivity index is 2.34. The zero-order valence-corrected chi connectivity index (χ0v) is 6.38. The molecule has 0 amide bonds. The highest BCUT2D eigenvalue weighted by molar-refractivity contribution is 5.15. The number of fused-ring (bicyclic) bond motifs is 1. The lowest BCUT2D eigenvalue weighted by molar-refractivity contribution is 0.643. The molecule has 2 heterocycles. The zero-order valence-electron chi connectivity index (χ0n) is 6.38. The predicted octanol–water partition coefficient (Wildman–Crippen LogP) is 2.39. The molecule has 10 heavy (non-hydrogen) atoms. The second kappa shape index (κ2) is 2.15. The lowest BCUT2D eigenvalue weighted by Gasteiger charge is -2.02. The van der Waals surface area contributed by atoms with E-state index in [0.717, 1.165) is 5.92 Å². The third-order valence-corrected chi connectivity index (χ3v) is 2.49. The summed E-state index contributed by atoms with van der Waals surface area (Å²) >= 11 is 0. The number of aromatic nitrogens is 1. The first kappa shape index (κ1) is 6.02. The van der Waals surface area contributed by atoms with Crippen LogP contribution in [0.4, 0.5) is 0 Å². The van der Waals surface area contributed by atoms with Crippen molar-refractivity contribution in [1.82, 2.24) is 4.57 Å². The average molecular weight is 135 g/mol. The average Bonchev–Trinajstić information content (AvgIpc) is 2.44. The Kier molecular flexibility index (Phi) is 1.30. The number of hydrogen-bond donors (Lipinski definition) is 0. The molecule has 0 radical (unpaired) electrons. The quantitative estimate of drug-likeness (QED) is 0.557. The van der Waals surface area contributed by atoms with Crippen LogP contribution in [0.3, 0.4) is 0 Å². The molecule has 0 aliphatic carbocycles. The Morgan fingerprint density at radius 1 is 1.70 bits per heavy atom. The van der Waals surface area contributed by atoms with Gasteiger partial charge in [0.1, 0.15) is 0 Å². The van der Waals surface area contributed by atoms with E-state index in [1.165, 1.54) is 19.4 Å². The number of nitrogens with zero attached hydrogens (tertiary/aromatic N) is 1. The highest BCUT2D eigenvalue weighted by Gasteiger charge is 2.18. The molecule has 0 aromatic carbocycles. The summed E-state index contributed by atoms with van der Waals surface area (Å²) in [7, 11) is 0. The van der Waals surface area contributed by atoms with Crippen LogP contribution in [0.25, 0.3) is 0 Å². The highest BCUT2D eigenvalue weighted by Crippen LogP contribution is 2.30. The second-order valence-electron chi connectivity index (χ2n) is 3.02. The van der Waals surface area contributed by atoms with Crippen molar-refractivity contribution >= 4 is 0 Å². The zero-order chi connectivity index (χ0) is 6.97. The summed E-state index contributed by atoms with van der Waals surface area (Å²) in [5, 5.41) is 0. The maximum atomic E-state index is 2.37. The van der Waals surface area contributed by atoms with Gasteiger partial charge >= 0.3 is 0 Å². The van der Waals surface area contributed by atoms with Gasteiger partial charge in [0, 0.05) is 24.4 Å². The van der Waals surface area contributed by atoms with Crippen LogP contribution in [0.1, 0.15) is 31.4 Å². The fourth-order valence-electron chi connectivity index (χ4n) is 1.86. The molecule has 1 aliphatic heterocycles. The normalized spacial score (nSPS) is 23.1. The first-order chi connectivity index (χ1) is 4.92. The van der Waals surface area contributed by atoms with Gasteiger partial charge in [0.2, 0.25) is 0 Å². The van der Waals surface area contributed by atoms with Gasteiger partial charge in [-0.25, -0.2) is 0 Å². The van der Waals surface area contributed by atoms with Gasteiger partial charge < -0.3 is 4.57 Å². The minimum atomic E-state index is 0.843. The van der Waals surface area contributed by atoms with Gasteiger partial charge in [0.15, 0.2) is 0 Å². The van der Waals surface area contributed by atoms with Crippen LogP contribution in [0.2, 0.25) is 0 Å². The standard InChI is InChI=1S/C9H13N/c1-2-8-5-7-10-6-3-4-9(8)10/h3-4,6,8H,2,5,7H2,1H3/t8-/m0/s1. The van der Waals surface area contributed by atoms with Crippen molar-refractivity contribution in [1.29, 1.82) is 0 Å². The van der Waals surface area contributed by atoms with E-state index in [4.69, 9.17) is 0 Å². The van der Waals surface area contributed by atoms with Crippen LogP contribution in [-0.2, 0) is 6.54 Å². The molecule has 2 rings (SSSR count). The summed E-state index contributed by atoms with van der Waals surface area (Å²) in [5.74, 6) is 0.843. The second-order valence-corrected chi connectivity index (χ2v) is 3.02. The Bertz CT molecular complexity index is 224. The molecule has 0 saturated carbocycles. The van der Waals surface area contributed by atoms with Gasteiger partial charge in [0.05, 0.1) is 0 Å². The van der Waals surface area contributed by atoms with Crippen molar-refractivity contribution in [3.8, 4) is 0 Å². The lowest BCUT2D eigenvalue weighted by atomic mass is 10.0. The first-order valence-electron chi connectivity index (χ1n) is 4.07. The molecule has 1 aromatic heterocycles. The molecule has 0 saturated heterocycles. The molecule has 1 aliphatic rings. The van der Waals surface area contributed by atoms with Crippen molar-refractivity contribution in [2.24, 2.45) is 0 Å². The summed E-state index contributed by atoms with van der Waals surface area (Å²) < 4.78 is 2.37. The van der Waals surface area contributed by atoms with Crippen LogP contribution in [0, 0.1) is 0 Å². The fourth-order valence-corrected chi connectivity index (χ4v) is 1.86. The van der Waals surface area contributed by atoms with Crippen LogP contribution < -0.4 is 0 Å². The third-order valence-electron chi connectivity index (χ3n) is 2.49. The van der Waals surface area contributed by atoms with E-state index in [0.29, 0.717) is 0 Å². The molecule has 1 nitrogen and oxygen atoms in total.